The molecule has 0 unspecified atom stereocenters. The largest absolute Gasteiger partial charge is 0.452 e. The second kappa shape index (κ2) is 8.56. The first-order valence-electron chi connectivity index (χ1n) is 7.86. The van der Waals surface area contributed by atoms with E-state index >= 15 is 0 Å². The number of carbonyl (C=O) groups excluding carboxylic acids is 3. The van der Waals surface area contributed by atoms with E-state index in [0.717, 1.165) is 6.07 Å². The van der Waals surface area contributed by atoms with Crippen LogP contribution in [0.1, 0.15) is 22.8 Å². The zero-order valence-electron chi connectivity index (χ0n) is 14.6. The summed E-state index contributed by atoms with van der Waals surface area (Å²) in [6.07, 6.45) is 0. The number of amides is 2. The SMILES string of the molecule is CC(=O)Nc1ccc(NC(=O)COC(=O)c2ccc(C)c([N+](=O)[O-])c2)cc1. The number of nitrogens with one attached hydrogen (secondary N) is 2. The number of nitro benzene ring substituents is 1. The Bertz CT molecular complexity index is 892. The van der Waals surface area contributed by atoms with Crippen molar-refractivity contribution in [2.75, 3.05) is 17.2 Å². The number of ether oxygens (including phenoxy) is 1. The fourth-order valence-electron chi connectivity index (χ4n) is 2.18. The molecule has 2 aromatic carbocycles. The number of hydrogen-bond donors (Lipinski definition) is 2. The maximum Gasteiger partial charge on any atom is 0.338 e. The zero-order valence-corrected chi connectivity index (χ0v) is 14.6. The Hall–Kier alpha value is -3.75. The quantitative estimate of drug-likeness (QED) is 0.456. The van der Waals surface area contributed by atoms with Crippen molar-refractivity contribution in [2.24, 2.45) is 0 Å². The lowest BCUT2D eigenvalue weighted by Crippen LogP contribution is -2.21. The molecule has 0 fully saturated rings. The van der Waals surface area contributed by atoms with Gasteiger partial charge in [0.15, 0.2) is 6.61 Å². The maximum atomic E-state index is 12.0. The van der Waals surface area contributed by atoms with Crippen LogP contribution in [-0.4, -0.2) is 29.3 Å². The highest BCUT2D eigenvalue weighted by Crippen LogP contribution is 2.20. The number of carbonyl (C=O) groups is 3. The van der Waals surface area contributed by atoms with Crippen molar-refractivity contribution < 1.29 is 24.0 Å². The van der Waals surface area contributed by atoms with Gasteiger partial charge in [-0.3, -0.25) is 19.7 Å². The number of nitrogens with zero attached hydrogens (tertiary/aromatic N) is 1. The van der Waals surface area contributed by atoms with Crippen LogP contribution in [0.3, 0.4) is 0 Å². The number of esters is 1. The van der Waals surface area contributed by atoms with E-state index in [-0.39, 0.29) is 17.2 Å². The van der Waals surface area contributed by atoms with Gasteiger partial charge in [0.2, 0.25) is 5.91 Å². The summed E-state index contributed by atoms with van der Waals surface area (Å²) in [5, 5.41) is 16.0. The standard InChI is InChI=1S/C18H17N3O6/c1-11-3-4-13(9-16(11)21(25)26)18(24)27-10-17(23)20-15-7-5-14(6-8-15)19-12(2)22/h3-9H,10H2,1-2H3,(H,19,22)(H,20,23). The van der Waals surface area contributed by atoms with Crippen LogP contribution in [0.2, 0.25) is 0 Å². The van der Waals surface area contributed by atoms with E-state index in [2.05, 4.69) is 10.6 Å². The minimum absolute atomic E-state index is 0.0141. The lowest BCUT2D eigenvalue weighted by atomic mass is 10.1. The molecule has 0 radical (unpaired) electrons. The Morgan fingerprint density at radius 1 is 1.04 bits per heavy atom. The first kappa shape index (κ1) is 19.6. The molecule has 9 nitrogen and oxygen atoms in total. The number of benzene rings is 2. The molecule has 0 saturated heterocycles. The Labute approximate surface area is 154 Å². The van der Waals surface area contributed by atoms with Crippen LogP contribution >= 0.6 is 0 Å². The number of rotatable bonds is 6. The molecule has 0 aliphatic heterocycles. The summed E-state index contributed by atoms with van der Waals surface area (Å²) in [5.74, 6) is -1.62. The van der Waals surface area contributed by atoms with E-state index in [1.807, 2.05) is 0 Å². The van der Waals surface area contributed by atoms with Crippen LogP contribution in [0.5, 0.6) is 0 Å². The predicted octanol–water partition coefficient (Wildman–Crippen LogP) is 2.66. The van der Waals surface area contributed by atoms with Gasteiger partial charge in [-0.15, -0.1) is 0 Å². The van der Waals surface area contributed by atoms with Gasteiger partial charge in [-0.2, -0.15) is 0 Å². The molecule has 2 N–H and O–H groups in total. The van der Waals surface area contributed by atoms with E-state index in [9.17, 15) is 24.5 Å². The molecular formula is C18H17N3O6. The monoisotopic (exact) mass is 371 g/mol. The third-order valence-electron chi connectivity index (χ3n) is 3.46. The molecule has 0 heterocycles. The molecule has 0 aliphatic rings. The average molecular weight is 371 g/mol. The summed E-state index contributed by atoms with van der Waals surface area (Å²) in [6, 6.07) is 10.3. The second-order valence-electron chi connectivity index (χ2n) is 5.64. The molecule has 27 heavy (non-hydrogen) atoms. The highest BCUT2D eigenvalue weighted by Gasteiger charge is 2.17. The van der Waals surface area contributed by atoms with Crippen molar-refractivity contribution in [1.82, 2.24) is 0 Å². The van der Waals surface area contributed by atoms with Crippen molar-refractivity contribution in [3.8, 4) is 0 Å². The van der Waals surface area contributed by atoms with Gasteiger partial charge in [-0.25, -0.2) is 4.79 Å². The van der Waals surface area contributed by atoms with Crippen molar-refractivity contribution >= 4 is 34.8 Å². The van der Waals surface area contributed by atoms with Gasteiger partial charge in [0.25, 0.3) is 11.6 Å². The fraction of sp³-hybridized carbons (Fsp3) is 0.167. The summed E-state index contributed by atoms with van der Waals surface area (Å²) in [7, 11) is 0. The molecule has 2 aromatic rings. The van der Waals surface area contributed by atoms with Crippen molar-refractivity contribution in [1.29, 1.82) is 0 Å². The fourth-order valence-corrected chi connectivity index (χ4v) is 2.18. The highest BCUT2D eigenvalue weighted by atomic mass is 16.6. The first-order chi connectivity index (χ1) is 12.8. The molecule has 0 spiro atoms. The van der Waals surface area contributed by atoms with Gasteiger partial charge >= 0.3 is 5.97 Å². The molecule has 0 saturated carbocycles. The maximum absolute atomic E-state index is 12.0. The summed E-state index contributed by atoms with van der Waals surface area (Å²) in [6.45, 7) is 2.39. The molecule has 2 amide bonds. The van der Waals surface area contributed by atoms with Crippen LogP contribution in [0.25, 0.3) is 0 Å². The average Bonchev–Trinajstić information content (AvgIpc) is 2.61. The molecule has 0 bridgehead atoms. The van der Waals surface area contributed by atoms with Gasteiger partial charge in [-0.1, -0.05) is 6.07 Å². The smallest absolute Gasteiger partial charge is 0.338 e. The number of nitro groups is 1. The minimum Gasteiger partial charge on any atom is -0.452 e. The molecule has 0 aliphatic carbocycles. The van der Waals surface area contributed by atoms with Gasteiger partial charge in [0.05, 0.1) is 10.5 Å². The van der Waals surface area contributed by atoms with Gasteiger partial charge in [0.1, 0.15) is 0 Å². The van der Waals surface area contributed by atoms with Crippen LogP contribution < -0.4 is 10.6 Å². The Morgan fingerprint density at radius 2 is 1.63 bits per heavy atom. The number of hydrogen-bond acceptors (Lipinski definition) is 6. The van der Waals surface area contributed by atoms with Crippen LogP contribution in [0, 0.1) is 17.0 Å². The lowest BCUT2D eigenvalue weighted by Gasteiger charge is -2.08. The second-order valence-corrected chi connectivity index (χ2v) is 5.64. The first-order valence-corrected chi connectivity index (χ1v) is 7.86. The summed E-state index contributed by atoms with van der Waals surface area (Å²) in [5.41, 5.74) is 1.23. The Balaban J connectivity index is 1.91. The van der Waals surface area contributed by atoms with E-state index in [1.165, 1.54) is 19.1 Å². The van der Waals surface area contributed by atoms with Crippen molar-refractivity contribution in [3.63, 3.8) is 0 Å². The van der Waals surface area contributed by atoms with Crippen molar-refractivity contribution in [3.05, 3.63) is 63.7 Å². The Morgan fingerprint density at radius 3 is 2.19 bits per heavy atom. The third-order valence-corrected chi connectivity index (χ3v) is 3.46. The Kier molecular flexibility index (Phi) is 6.21. The van der Waals surface area contributed by atoms with Gasteiger partial charge in [-0.05, 0) is 37.3 Å². The predicted molar refractivity (Wildman–Crippen MR) is 97.5 cm³/mol. The summed E-state index contributed by atoms with van der Waals surface area (Å²) >= 11 is 0. The number of anilines is 2. The highest BCUT2D eigenvalue weighted by molar-refractivity contribution is 5.96. The number of aryl methyl sites for hydroxylation is 1. The summed E-state index contributed by atoms with van der Waals surface area (Å²) in [4.78, 5) is 45.1. The van der Waals surface area contributed by atoms with Gasteiger partial charge < -0.3 is 15.4 Å². The van der Waals surface area contributed by atoms with Gasteiger partial charge in [0, 0.05) is 29.9 Å². The topological polar surface area (TPSA) is 128 Å². The third kappa shape index (κ3) is 5.63. The van der Waals surface area contributed by atoms with Crippen molar-refractivity contribution in [2.45, 2.75) is 13.8 Å². The van der Waals surface area contributed by atoms with E-state index in [0.29, 0.717) is 16.9 Å². The molecule has 0 atom stereocenters. The normalized spacial score (nSPS) is 10.0. The molecule has 0 aromatic heterocycles. The van der Waals surface area contributed by atoms with Crippen LogP contribution in [-0.2, 0) is 14.3 Å². The summed E-state index contributed by atoms with van der Waals surface area (Å²) < 4.78 is 4.88. The lowest BCUT2D eigenvalue weighted by molar-refractivity contribution is -0.385. The van der Waals surface area contributed by atoms with E-state index in [4.69, 9.17) is 4.74 Å². The molecule has 140 valence electrons. The van der Waals surface area contributed by atoms with Crippen LogP contribution in [0.15, 0.2) is 42.5 Å². The minimum atomic E-state index is -0.839. The molecule has 2 rings (SSSR count). The molecular weight excluding hydrogens is 354 g/mol. The van der Waals surface area contributed by atoms with Crippen LogP contribution in [0.4, 0.5) is 17.1 Å². The van der Waals surface area contributed by atoms with E-state index in [1.54, 1.807) is 31.2 Å². The zero-order chi connectivity index (χ0) is 20.0. The molecule has 9 heteroatoms. The van der Waals surface area contributed by atoms with E-state index < -0.39 is 23.4 Å².